The number of methoxy groups -OCH3 is 2. The van der Waals surface area contributed by atoms with Crippen LogP contribution in [0.2, 0.25) is 0 Å². The molecule has 0 radical (unpaired) electrons. The molecule has 3 amide bonds. The van der Waals surface area contributed by atoms with Crippen molar-refractivity contribution < 1.29 is 23.9 Å². The number of hydrogen-bond donors (Lipinski definition) is 2. The molecule has 0 aromatic heterocycles. The minimum Gasteiger partial charge on any atom is -0.494 e. The number of ether oxygens (including phenoxy) is 2. The van der Waals surface area contributed by atoms with E-state index in [0.717, 1.165) is 12.0 Å². The van der Waals surface area contributed by atoms with Crippen molar-refractivity contribution in [1.82, 2.24) is 5.32 Å². The average Bonchev–Trinajstić information content (AvgIpc) is 3.19. The Bertz CT molecular complexity index is 916. The molecule has 1 aliphatic rings. The lowest BCUT2D eigenvalue weighted by atomic mass is 10.1. The highest BCUT2D eigenvalue weighted by Crippen LogP contribution is 2.33. The summed E-state index contributed by atoms with van der Waals surface area (Å²) in [6.07, 6.45) is 0.939. The minimum atomic E-state index is -0.828. The first-order valence-corrected chi connectivity index (χ1v) is 9.69. The van der Waals surface area contributed by atoms with E-state index in [0.29, 0.717) is 36.5 Å². The van der Waals surface area contributed by atoms with Crippen LogP contribution in [0, 0.1) is 0 Å². The summed E-state index contributed by atoms with van der Waals surface area (Å²) in [6.45, 7) is 0.642. The number of amides is 3. The molecule has 30 heavy (non-hydrogen) atoms. The fourth-order valence-electron chi connectivity index (χ4n) is 3.37. The number of rotatable bonds is 7. The fraction of sp³-hybridized carbons (Fsp3) is 0.318. The average molecular weight is 411 g/mol. The van der Waals surface area contributed by atoms with Crippen molar-refractivity contribution in [2.45, 2.75) is 25.3 Å². The molecule has 1 saturated heterocycles. The van der Waals surface area contributed by atoms with E-state index in [2.05, 4.69) is 15.4 Å². The number of carbonyl (C=O) groups is 3. The standard InChI is InChI=1S/C22H25N3O5/c1-29-19-14-16(10-11-18(19)25-12-6-9-20(25)26)23-21(27)17(24-22(28)30-2)13-15-7-4-3-5-8-15/h3-5,7-8,10-11,14,17H,6,9,12-13H2,1-2H3,(H,23,27)(H,24,28). The van der Waals surface area contributed by atoms with Gasteiger partial charge in [0.15, 0.2) is 0 Å². The van der Waals surface area contributed by atoms with E-state index in [1.807, 2.05) is 30.3 Å². The molecule has 8 nitrogen and oxygen atoms in total. The number of nitrogens with zero attached hydrogens (tertiary/aromatic N) is 1. The summed E-state index contributed by atoms with van der Waals surface area (Å²) in [5.74, 6) is 0.148. The van der Waals surface area contributed by atoms with Crippen LogP contribution < -0.4 is 20.3 Å². The second-order valence-corrected chi connectivity index (χ2v) is 6.90. The van der Waals surface area contributed by atoms with Gasteiger partial charge in [-0.25, -0.2) is 4.79 Å². The highest BCUT2D eigenvalue weighted by Gasteiger charge is 2.26. The molecule has 0 aliphatic carbocycles. The van der Waals surface area contributed by atoms with Crippen molar-refractivity contribution in [2.75, 3.05) is 31.0 Å². The molecule has 1 unspecified atom stereocenters. The Balaban J connectivity index is 1.77. The topological polar surface area (TPSA) is 97.0 Å². The first-order valence-electron chi connectivity index (χ1n) is 9.69. The number of anilines is 2. The van der Waals surface area contributed by atoms with Gasteiger partial charge in [0.05, 0.1) is 19.9 Å². The lowest BCUT2D eigenvalue weighted by molar-refractivity contribution is -0.118. The predicted molar refractivity (Wildman–Crippen MR) is 113 cm³/mol. The molecule has 0 bridgehead atoms. The van der Waals surface area contributed by atoms with E-state index in [1.165, 1.54) is 14.2 Å². The predicted octanol–water partition coefficient (Wildman–Crippen LogP) is 2.73. The maximum absolute atomic E-state index is 12.9. The number of benzene rings is 2. The zero-order valence-electron chi connectivity index (χ0n) is 17.0. The summed E-state index contributed by atoms with van der Waals surface area (Å²) >= 11 is 0. The van der Waals surface area contributed by atoms with Gasteiger partial charge in [-0.1, -0.05) is 30.3 Å². The minimum absolute atomic E-state index is 0.0512. The highest BCUT2D eigenvalue weighted by atomic mass is 16.5. The number of hydrogen-bond acceptors (Lipinski definition) is 5. The van der Waals surface area contributed by atoms with Crippen molar-refractivity contribution >= 4 is 29.3 Å². The van der Waals surface area contributed by atoms with Crippen molar-refractivity contribution in [2.24, 2.45) is 0 Å². The lowest BCUT2D eigenvalue weighted by Crippen LogP contribution is -2.45. The van der Waals surface area contributed by atoms with Gasteiger partial charge in [0.2, 0.25) is 11.8 Å². The van der Waals surface area contributed by atoms with E-state index in [1.54, 1.807) is 23.1 Å². The maximum atomic E-state index is 12.9. The number of alkyl carbamates (subject to hydrolysis) is 1. The molecular formula is C22H25N3O5. The first kappa shape index (κ1) is 21.2. The Kier molecular flexibility index (Phi) is 6.90. The van der Waals surface area contributed by atoms with Crippen LogP contribution >= 0.6 is 0 Å². The molecule has 3 rings (SSSR count). The van der Waals surface area contributed by atoms with Gasteiger partial charge in [-0.05, 0) is 24.1 Å². The van der Waals surface area contributed by atoms with Crippen LogP contribution in [0.25, 0.3) is 0 Å². The third kappa shape index (κ3) is 5.08. The maximum Gasteiger partial charge on any atom is 0.407 e. The van der Waals surface area contributed by atoms with E-state index >= 15 is 0 Å². The van der Waals surface area contributed by atoms with Crippen molar-refractivity contribution in [3.63, 3.8) is 0 Å². The monoisotopic (exact) mass is 411 g/mol. The zero-order chi connectivity index (χ0) is 21.5. The van der Waals surface area contributed by atoms with Gasteiger partial charge in [0, 0.05) is 31.1 Å². The summed E-state index contributed by atoms with van der Waals surface area (Å²) in [5.41, 5.74) is 2.07. The smallest absolute Gasteiger partial charge is 0.407 e. The Morgan fingerprint density at radius 2 is 1.90 bits per heavy atom. The van der Waals surface area contributed by atoms with Gasteiger partial charge in [-0.3, -0.25) is 9.59 Å². The van der Waals surface area contributed by atoms with Gasteiger partial charge in [-0.15, -0.1) is 0 Å². The van der Waals surface area contributed by atoms with Crippen LogP contribution in [-0.2, 0) is 20.7 Å². The lowest BCUT2D eigenvalue weighted by Gasteiger charge is -2.21. The molecule has 158 valence electrons. The zero-order valence-corrected chi connectivity index (χ0v) is 17.0. The summed E-state index contributed by atoms with van der Waals surface area (Å²) < 4.78 is 10.1. The molecule has 8 heteroatoms. The van der Waals surface area contributed by atoms with E-state index in [4.69, 9.17) is 4.74 Å². The summed E-state index contributed by atoms with van der Waals surface area (Å²) in [7, 11) is 2.76. The Morgan fingerprint density at radius 3 is 2.53 bits per heavy atom. The fourth-order valence-corrected chi connectivity index (χ4v) is 3.37. The second kappa shape index (κ2) is 9.78. The third-order valence-corrected chi connectivity index (χ3v) is 4.89. The summed E-state index contributed by atoms with van der Waals surface area (Å²) in [6, 6.07) is 13.7. The van der Waals surface area contributed by atoms with Gasteiger partial charge in [-0.2, -0.15) is 0 Å². The number of nitrogens with one attached hydrogen (secondary N) is 2. The van der Waals surface area contributed by atoms with Gasteiger partial charge < -0.3 is 25.0 Å². The van der Waals surface area contributed by atoms with Gasteiger partial charge >= 0.3 is 6.09 Å². The van der Waals surface area contributed by atoms with Crippen LogP contribution in [-0.4, -0.2) is 44.7 Å². The van der Waals surface area contributed by atoms with Crippen LogP contribution in [0.4, 0.5) is 16.2 Å². The van der Waals surface area contributed by atoms with Crippen molar-refractivity contribution in [3.8, 4) is 5.75 Å². The van der Waals surface area contributed by atoms with Crippen LogP contribution in [0.3, 0.4) is 0 Å². The molecule has 2 aromatic carbocycles. The van der Waals surface area contributed by atoms with E-state index in [9.17, 15) is 14.4 Å². The van der Waals surface area contributed by atoms with Gasteiger partial charge in [0.25, 0.3) is 0 Å². The Hall–Kier alpha value is -3.55. The Labute approximate surface area is 175 Å². The molecule has 1 heterocycles. The molecule has 2 N–H and O–H groups in total. The normalized spacial score (nSPS) is 14.2. The summed E-state index contributed by atoms with van der Waals surface area (Å²) in [4.78, 5) is 38.3. The molecule has 0 saturated carbocycles. The molecule has 1 aliphatic heterocycles. The van der Waals surface area contributed by atoms with Crippen LogP contribution in [0.15, 0.2) is 48.5 Å². The largest absolute Gasteiger partial charge is 0.494 e. The van der Waals surface area contributed by atoms with E-state index < -0.39 is 18.0 Å². The highest BCUT2D eigenvalue weighted by molar-refractivity contribution is 5.99. The summed E-state index contributed by atoms with van der Waals surface area (Å²) in [5, 5.41) is 5.37. The number of carbonyl (C=O) groups excluding carboxylic acids is 3. The quantitative estimate of drug-likeness (QED) is 0.730. The van der Waals surface area contributed by atoms with Crippen molar-refractivity contribution in [3.05, 3.63) is 54.1 Å². The van der Waals surface area contributed by atoms with Crippen LogP contribution in [0.5, 0.6) is 5.75 Å². The molecular weight excluding hydrogens is 386 g/mol. The SMILES string of the molecule is COC(=O)NC(Cc1ccccc1)C(=O)Nc1ccc(N2CCCC2=O)c(OC)c1. The van der Waals surface area contributed by atoms with Crippen LogP contribution in [0.1, 0.15) is 18.4 Å². The van der Waals surface area contributed by atoms with Gasteiger partial charge in [0.1, 0.15) is 11.8 Å². The molecule has 1 atom stereocenters. The third-order valence-electron chi connectivity index (χ3n) is 4.89. The second-order valence-electron chi connectivity index (χ2n) is 6.90. The molecule has 0 spiro atoms. The first-order chi connectivity index (χ1) is 14.5. The van der Waals surface area contributed by atoms with E-state index in [-0.39, 0.29) is 5.91 Å². The molecule has 2 aromatic rings. The Morgan fingerprint density at radius 1 is 1.13 bits per heavy atom. The van der Waals surface area contributed by atoms with Crippen molar-refractivity contribution in [1.29, 1.82) is 0 Å². The molecule has 1 fully saturated rings.